The third-order valence-corrected chi connectivity index (χ3v) is 13.6. The van der Waals surface area contributed by atoms with Crippen molar-refractivity contribution in [2.24, 2.45) is 0 Å². The lowest BCUT2D eigenvalue weighted by molar-refractivity contribution is 1.62. The highest BCUT2D eigenvalue weighted by molar-refractivity contribution is 6.24. The summed E-state index contributed by atoms with van der Waals surface area (Å²) in [6, 6.07) is 53.8. The van der Waals surface area contributed by atoms with Crippen molar-refractivity contribution >= 4 is 43.1 Å². The molecule has 14 aromatic rings. The molecule has 14 rings (SSSR count). The summed E-state index contributed by atoms with van der Waals surface area (Å²) in [6.07, 6.45) is 0. The fourth-order valence-corrected chi connectivity index (χ4v) is 10.3. The fraction of sp³-hybridized carbons (Fsp3) is 0. The molecule has 0 atom stereocenters. The Kier molecular flexibility index (Phi) is 7.88. The lowest BCUT2D eigenvalue weighted by Gasteiger charge is -2.19. The molecule has 76 heavy (non-hydrogen) atoms. The molecular weight excluding hydrogens is 913 g/mol. The number of hydrogen-bond donors (Lipinski definition) is 0. The molecule has 0 aliphatic carbocycles. The highest BCUT2D eigenvalue weighted by Crippen LogP contribution is 2.48. The minimum atomic E-state index is -0.452. The quantitative estimate of drug-likeness (QED) is 0.133. The maximum absolute atomic E-state index is 8.65. The van der Waals surface area contributed by atoms with E-state index in [-0.39, 0.29) is 70.6 Å². The minimum absolute atomic E-state index is 0.111. The van der Waals surface area contributed by atoms with Crippen LogP contribution in [0, 0.1) is 0 Å². The second-order valence-corrected chi connectivity index (χ2v) is 18.0. The summed E-state index contributed by atoms with van der Waals surface area (Å²) >= 11 is 0. The Labute approximate surface area is 473 Å². The molecule has 0 aromatic heterocycles. The van der Waals surface area contributed by atoms with Gasteiger partial charge in [-0.15, -0.1) is 0 Å². The van der Waals surface area contributed by atoms with Gasteiger partial charge in [0.25, 0.3) is 0 Å². The van der Waals surface area contributed by atoms with Crippen LogP contribution in [0.2, 0.25) is 0 Å². The van der Waals surface area contributed by atoms with Gasteiger partial charge in [0, 0.05) is 0 Å². The predicted molar refractivity (Wildman–Crippen MR) is 326 cm³/mol. The maximum Gasteiger partial charge on any atom is 0.0629 e. The first-order chi connectivity index (χ1) is 46.0. The molecule has 0 N–H and O–H groups in total. The highest BCUT2D eigenvalue weighted by Gasteiger charge is 2.20. The smallest absolute Gasteiger partial charge is 0.0622 e. The van der Waals surface area contributed by atoms with Gasteiger partial charge < -0.3 is 0 Å². The van der Waals surface area contributed by atoms with E-state index in [1.807, 2.05) is 170 Å². The molecule has 0 bridgehead atoms. The first kappa shape index (κ1) is 29.1. The van der Waals surface area contributed by atoms with E-state index in [0.29, 0.717) is 22.3 Å². The Bertz CT molecular complexity index is 4760. The molecule has 0 amide bonds. The molecule has 0 fully saturated rings. The molecule has 0 saturated carbocycles. The SMILES string of the molecule is [2H]c1c([2H])c([2H])c(-c2ccc3c(-c4ccccc4)c4cc(-c5c([2H])c([2H])c([2H])c([2H])c5[2H])ccc4c(-c4ccccc4)c3c2)c([2H])c1[2H].[2H]c1c([2H])c([2H])c(-c2ccc3c(-c4ccccc4)c4cc(-c5c([2H])c([2H])c([2H])c([2H])c5[2H])ccc4c(-c4ccccc4)c3c2)c([2H])c1[2H]. The van der Waals surface area contributed by atoms with Crippen LogP contribution in [0.25, 0.3) is 132 Å². The molecular formula is C76H52. The molecule has 0 aliphatic rings. The summed E-state index contributed by atoms with van der Waals surface area (Å²) in [5.41, 5.74) is 9.31. The van der Waals surface area contributed by atoms with Crippen molar-refractivity contribution < 1.29 is 27.4 Å². The van der Waals surface area contributed by atoms with Gasteiger partial charge in [0.1, 0.15) is 0 Å². The van der Waals surface area contributed by atoms with Crippen LogP contribution in [0.1, 0.15) is 27.4 Å². The topological polar surface area (TPSA) is 0 Å². The molecule has 14 aromatic carbocycles. The van der Waals surface area contributed by atoms with Crippen LogP contribution in [0.5, 0.6) is 0 Å². The van der Waals surface area contributed by atoms with E-state index in [1.165, 1.54) is 0 Å². The summed E-state index contributed by atoms with van der Waals surface area (Å²) < 4.78 is 168. The van der Waals surface area contributed by atoms with Gasteiger partial charge in [-0.25, -0.2) is 0 Å². The third-order valence-electron chi connectivity index (χ3n) is 13.6. The lowest BCUT2D eigenvalue weighted by atomic mass is 9.84. The van der Waals surface area contributed by atoms with Crippen molar-refractivity contribution in [2.45, 2.75) is 0 Å². The average Bonchev–Trinajstić information content (AvgIpc) is 0.729. The number of benzene rings is 14. The maximum atomic E-state index is 8.65. The first-order valence-electron chi connectivity index (χ1n) is 34.6. The van der Waals surface area contributed by atoms with Gasteiger partial charge in [-0.1, -0.05) is 291 Å². The largest absolute Gasteiger partial charge is 0.0629 e. The molecule has 0 nitrogen and oxygen atoms in total. The Morgan fingerprint density at radius 2 is 0.355 bits per heavy atom. The molecule has 0 spiro atoms. The van der Waals surface area contributed by atoms with Crippen LogP contribution < -0.4 is 0 Å². The van der Waals surface area contributed by atoms with E-state index in [9.17, 15) is 0 Å². The van der Waals surface area contributed by atoms with E-state index in [1.54, 1.807) is 24.3 Å². The first-order valence-corrected chi connectivity index (χ1v) is 24.6. The summed E-state index contributed by atoms with van der Waals surface area (Å²) in [6.45, 7) is 0. The zero-order valence-electron chi connectivity index (χ0n) is 60.5. The van der Waals surface area contributed by atoms with Crippen molar-refractivity contribution in [3.05, 3.63) is 315 Å². The predicted octanol–water partition coefficient (Wildman–Crippen LogP) is 21.3. The van der Waals surface area contributed by atoms with Gasteiger partial charge >= 0.3 is 0 Å². The van der Waals surface area contributed by atoms with Gasteiger partial charge in [-0.2, -0.15) is 0 Å². The van der Waals surface area contributed by atoms with Crippen molar-refractivity contribution in [1.82, 2.24) is 0 Å². The third kappa shape index (κ3) is 8.83. The van der Waals surface area contributed by atoms with Crippen molar-refractivity contribution in [2.75, 3.05) is 0 Å². The Morgan fingerprint density at radius 3 is 0.553 bits per heavy atom. The molecule has 0 aliphatic heterocycles. The van der Waals surface area contributed by atoms with Crippen LogP contribution in [0.15, 0.2) is 315 Å². The van der Waals surface area contributed by atoms with Crippen LogP contribution in [-0.2, 0) is 0 Å². The second kappa shape index (κ2) is 20.6. The molecule has 356 valence electrons. The van der Waals surface area contributed by atoms with Gasteiger partial charge in [0.05, 0.1) is 27.4 Å². The van der Waals surface area contributed by atoms with E-state index < -0.39 is 72.5 Å². The summed E-state index contributed by atoms with van der Waals surface area (Å²) in [4.78, 5) is 0. The number of hydrogen-bond acceptors (Lipinski definition) is 0. The van der Waals surface area contributed by atoms with E-state index in [4.69, 9.17) is 27.4 Å². The zero-order chi connectivity index (χ0) is 68.0. The van der Waals surface area contributed by atoms with E-state index >= 15 is 0 Å². The Morgan fingerprint density at radius 1 is 0.158 bits per heavy atom. The molecule has 0 heterocycles. The summed E-state index contributed by atoms with van der Waals surface area (Å²) in [5.74, 6) is 0. The van der Waals surface area contributed by atoms with Crippen LogP contribution in [0.4, 0.5) is 0 Å². The van der Waals surface area contributed by atoms with Crippen molar-refractivity contribution in [1.29, 1.82) is 0 Å². The van der Waals surface area contributed by atoms with Gasteiger partial charge in [0.15, 0.2) is 0 Å². The van der Waals surface area contributed by atoms with Gasteiger partial charge in [-0.05, 0) is 156 Å². The van der Waals surface area contributed by atoms with Crippen LogP contribution in [-0.4, -0.2) is 0 Å². The summed E-state index contributed by atoms with van der Waals surface area (Å²) in [7, 11) is 0. The molecule has 0 radical (unpaired) electrons. The monoisotopic (exact) mass is 985 g/mol. The van der Waals surface area contributed by atoms with Crippen molar-refractivity contribution in [3.63, 3.8) is 0 Å². The number of rotatable bonds is 8. The van der Waals surface area contributed by atoms with Crippen molar-refractivity contribution in [3.8, 4) is 89.0 Å². The zero-order valence-corrected chi connectivity index (χ0v) is 40.5. The minimum Gasteiger partial charge on any atom is -0.0622 e. The lowest BCUT2D eigenvalue weighted by Crippen LogP contribution is -1.92. The van der Waals surface area contributed by atoms with Crippen LogP contribution >= 0.6 is 0 Å². The molecule has 0 unspecified atom stereocenters. The molecule has 0 saturated heterocycles. The standard InChI is InChI=1S/2C38H26/c2*1-5-13-27(14-6-1)31-21-23-33-35(25-31)37(29-17-9-3-10-18-29)34-24-22-32(28-15-7-2-8-16-28)26-36(34)38(33)30-19-11-4-12-20-30/h2*1-26H/i2*1D,2D,5D,6D,7D,8D,13D,14D,15D,16D. The fourth-order valence-electron chi connectivity index (χ4n) is 10.3. The van der Waals surface area contributed by atoms with Crippen LogP contribution in [0.3, 0.4) is 0 Å². The van der Waals surface area contributed by atoms with E-state index in [2.05, 4.69) is 0 Å². The second-order valence-electron chi connectivity index (χ2n) is 18.0. The number of fused-ring (bicyclic) bond motifs is 4. The molecule has 0 heteroatoms. The Balaban J connectivity index is 0.000000174. The normalized spacial score (nSPS) is 14.8. The highest BCUT2D eigenvalue weighted by atomic mass is 14.2. The van der Waals surface area contributed by atoms with Gasteiger partial charge in [-0.3, -0.25) is 0 Å². The van der Waals surface area contributed by atoms with Gasteiger partial charge in [0.2, 0.25) is 0 Å². The average molecular weight is 985 g/mol. The summed E-state index contributed by atoms with van der Waals surface area (Å²) in [5, 5.41) is 6.53. The van der Waals surface area contributed by atoms with E-state index in [0.717, 1.165) is 87.6 Å². The Hall–Kier alpha value is -9.88.